The van der Waals surface area contributed by atoms with Crippen molar-refractivity contribution in [3.63, 3.8) is 0 Å². The molecule has 6 aromatic heterocycles. The predicted octanol–water partition coefficient (Wildman–Crippen LogP) is 12.4. The van der Waals surface area contributed by atoms with Crippen LogP contribution in [0.5, 0.6) is 0 Å². The lowest BCUT2D eigenvalue weighted by molar-refractivity contribution is 1.22. The van der Waals surface area contributed by atoms with E-state index < -0.39 is 0 Å². The third kappa shape index (κ3) is 8.47. The number of aromatic nitrogens is 6. The van der Waals surface area contributed by atoms with E-state index in [9.17, 15) is 0 Å². The Morgan fingerprint density at radius 3 is 0.741 bits per heavy atom. The molecule has 3 aromatic carbocycles. The van der Waals surface area contributed by atoms with Gasteiger partial charge in [-0.15, -0.1) is 0 Å². The van der Waals surface area contributed by atoms with Crippen molar-refractivity contribution in [1.82, 2.24) is 29.9 Å². The summed E-state index contributed by atoms with van der Waals surface area (Å²) in [5.74, 6) is 0. The third-order valence-corrected chi connectivity index (χ3v) is 9.72. The number of nitrogens with zero attached hydrogens (tertiary/aromatic N) is 6. The van der Waals surface area contributed by atoms with Crippen molar-refractivity contribution in [2.45, 2.75) is 0 Å². The van der Waals surface area contributed by atoms with Crippen molar-refractivity contribution < 1.29 is 0 Å². The molecule has 6 heterocycles. The number of pyridine rings is 6. The molecule has 0 aliphatic heterocycles. The Bertz CT molecular complexity index is 2510. The first kappa shape index (κ1) is 35.7. The van der Waals surface area contributed by atoms with E-state index in [-0.39, 0.29) is 0 Å². The molecule has 0 radical (unpaired) electrons. The first-order valence-electron chi connectivity index (χ1n) is 19.1. The number of hydrogen-bond donors (Lipinski definition) is 0. The second-order valence-corrected chi connectivity index (χ2v) is 13.7. The molecule has 0 aliphatic rings. The summed E-state index contributed by atoms with van der Waals surface area (Å²) >= 11 is 0. The maximum Gasteiger partial charge on any atom is 0.0900 e. The molecule has 0 aliphatic carbocycles. The molecule has 9 rings (SSSR count). The van der Waals surface area contributed by atoms with Crippen LogP contribution >= 0.6 is 0 Å². The first-order chi connectivity index (χ1) is 28.7. The smallest absolute Gasteiger partial charge is 0.0900 e. The van der Waals surface area contributed by atoms with Gasteiger partial charge >= 0.3 is 0 Å². The van der Waals surface area contributed by atoms with Crippen molar-refractivity contribution in [1.29, 1.82) is 0 Å². The third-order valence-electron chi connectivity index (χ3n) is 9.72. The van der Waals surface area contributed by atoms with Gasteiger partial charge < -0.3 is 0 Å². The largest absolute Gasteiger partial charge is 0.255 e. The van der Waals surface area contributed by atoms with Crippen LogP contribution in [0.3, 0.4) is 0 Å². The Balaban J connectivity index is 0.877. The maximum atomic E-state index is 4.90. The molecule has 0 unspecified atom stereocenters. The van der Waals surface area contributed by atoms with Crippen LogP contribution in [-0.4, -0.2) is 29.9 Å². The summed E-state index contributed by atoms with van der Waals surface area (Å²) in [6.07, 6.45) is 15.7. The SMILES string of the molecule is C(=Cc1ccc(-c2cc(-c3ccccn3)nc(-c3ccccn3)c2)cc1)c1ccc(/C=C/c2ccc(-c3cc(-c4ccccn4)nc(-c4ccccn4)c3)cc2)cc1. The van der Waals surface area contributed by atoms with Crippen LogP contribution < -0.4 is 0 Å². The highest BCUT2D eigenvalue weighted by Crippen LogP contribution is 2.31. The standard InChI is InChI=1S/C52H36N6/c1-5-29-53-45(9-1)49-33-43(34-50(57-49)46-10-2-6-30-54-46)41-25-21-39(22-26-41)19-17-37-13-15-38(16-14-37)18-20-40-23-27-42(28-24-40)44-35-51(47-11-3-7-31-55-47)58-52(36-44)48-12-4-8-32-56-48/h1-36H/b19-17+,20-18?. The van der Waals surface area contributed by atoms with E-state index in [4.69, 9.17) is 9.97 Å². The molecule has 0 saturated carbocycles. The van der Waals surface area contributed by atoms with Gasteiger partial charge in [-0.05, 0) is 117 Å². The Labute approximate surface area is 337 Å². The molecule has 6 nitrogen and oxygen atoms in total. The molecule has 0 N–H and O–H groups in total. The van der Waals surface area contributed by atoms with Crippen LogP contribution in [0.1, 0.15) is 22.3 Å². The van der Waals surface area contributed by atoms with Crippen LogP contribution in [0.25, 0.3) is 92.1 Å². The molecule has 0 saturated heterocycles. The molecule has 9 aromatic rings. The van der Waals surface area contributed by atoms with E-state index in [2.05, 4.69) is 141 Å². The lowest BCUT2D eigenvalue weighted by Crippen LogP contribution is -1.93. The molecular weight excluding hydrogens is 709 g/mol. The highest BCUT2D eigenvalue weighted by Gasteiger charge is 2.12. The topological polar surface area (TPSA) is 77.3 Å². The zero-order valence-corrected chi connectivity index (χ0v) is 31.5. The minimum Gasteiger partial charge on any atom is -0.255 e. The Morgan fingerprint density at radius 2 is 0.500 bits per heavy atom. The van der Waals surface area contributed by atoms with Gasteiger partial charge in [0, 0.05) is 24.8 Å². The van der Waals surface area contributed by atoms with E-state index in [0.29, 0.717) is 0 Å². The fourth-order valence-corrected chi connectivity index (χ4v) is 6.65. The predicted molar refractivity (Wildman–Crippen MR) is 237 cm³/mol. The van der Waals surface area contributed by atoms with Gasteiger partial charge in [0.15, 0.2) is 0 Å². The highest BCUT2D eigenvalue weighted by atomic mass is 14.8. The van der Waals surface area contributed by atoms with Crippen molar-refractivity contribution in [2.24, 2.45) is 0 Å². The van der Waals surface area contributed by atoms with Gasteiger partial charge in [-0.3, -0.25) is 19.9 Å². The molecule has 0 amide bonds. The van der Waals surface area contributed by atoms with E-state index in [0.717, 1.165) is 90.1 Å². The van der Waals surface area contributed by atoms with Gasteiger partial charge in [0.25, 0.3) is 0 Å². The fourth-order valence-electron chi connectivity index (χ4n) is 6.65. The van der Waals surface area contributed by atoms with Gasteiger partial charge in [-0.2, -0.15) is 0 Å². The van der Waals surface area contributed by atoms with Crippen LogP contribution in [0.15, 0.2) is 195 Å². The molecule has 58 heavy (non-hydrogen) atoms. The van der Waals surface area contributed by atoms with E-state index in [1.54, 1.807) is 24.8 Å². The van der Waals surface area contributed by atoms with Crippen molar-refractivity contribution in [2.75, 3.05) is 0 Å². The van der Waals surface area contributed by atoms with E-state index in [1.807, 2.05) is 72.8 Å². The number of hydrogen-bond acceptors (Lipinski definition) is 6. The minimum atomic E-state index is 0.812. The van der Waals surface area contributed by atoms with Gasteiger partial charge in [0.1, 0.15) is 0 Å². The lowest BCUT2D eigenvalue weighted by Gasteiger charge is -2.09. The van der Waals surface area contributed by atoms with Gasteiger partial charge in [-0.1, -0.05) is 121 Å². The molecular formula is C52H36N6. The average molecular weight is 745 g/mol. The van der Waals surface area contributed by atoms with Crippen LogP contribution in [-0.2, 0) is 0 Å². The summed E-state index contributed by atoms with van der Waals surface area (Å²) in [6.45, 7) is 0. The zero-order chi connectivity index (χ0) is 38.9. The molecule has 6 heteroatoms. The summed E-state index contributed by atoms with van der Waals surface area (Å²) in [5.41, 5.74) is 15.4. The second-order valence-electron chi connectivity index (χ2n) is 13.7. The summed E-state index contributed by atoms with van der Waals surface area (Å²) < 4.78 is 0. The second kappa shape index (κ2) is 16.8. The quantitative estimate of drug-likeness (QED) is 0.130. The zero-order valence-electron chi connectivity index (χ0n) is 31.5. The molecule has 0 bridgehead atoms. The normalized spacial score (nSPS) is 11.3. The van der Waals surface area contributed by atoms with Gasteiger partial charge in [-0.25, -0.2) is 9.97 Å². The first-order valence-corrected chi connectivity index (χ1v) is 19.1. The van der Waals surface area contributed by atoms with Crippen LogP contribution in [0.2, 0.25) is 0 Å². The maximum absolute atomic E-state index is 4.90. The average Bonchev–Trinajstić information content (AvgIpc) is 3.32. The van der Waals surface area contributed by atoms with Crippen LogP contribution in [0, 0.1) is 0 Å². The van der Waals surface area contributed by atoms with Gasteiger partial charge in [0.05, 0.1) is 45.6 Å². The Kier molecular flexibility index (Phi) is 10.4. The van der Waals surface area contributed by atoms with Crippen molar-refractivity contribution >= 4 is 24.3 Å². The Hall–Kier alpha value is -7.96. The molecule has 274 valence electrons. The molecule has 0 spiro atoms. The summed E-state index contributed by atoms with van der Waals surface area (Å²) in [7, 11) is 0. The van der Waals surface area contributed by atoms with E-state index >= 15 is 0 Å². The van der Waals surface area contributed by atoms with Gasteiger partial charge in [0.2, 0.25) is 0 Å². The van der Waals surface area contributed by atoms with Crippen LogP contribution in [0.4, 0.5) is 0 Å². The Morgan fingerprint density at radius 1 is 0.241 bits per heavy atom. The highest BCUT2D eigenvalue weighted by molar-refractivity contribution is 5.79. The van der Waals surface area contributed by atoms with E-state index in [1.165, 1.54) is 0 Å². The molecule has 0 atom stereocenters. The lowest BCUT2D eigenvalue weighted by atomic mass is 10.0. The molecule has 0 fully saturated rings. The summed E-state index contributed by atoms with van der Waals surface area (Å²) in [4.78, 5) is 28.0. The monoisotopic (exact) mass is 744 g/mol. The van der Waals surface area contributed by atoms with Crippen molar-refractivity contribution in [3.05, 3.63) is 217 Å². The fraction of sp³-hybridized carbons (Fsp3) is 0. The summed E-state index contributed by atoms with van der Waals surface area (Å²) in [5, 5.41) is 0. The summed E-state index contributed by atoms with van der Waals surface area (Å²) in [6, 6.07) is 57.6. The minimum absolute atomic E-state index is 0.812. The number of rotatable bonds is 10. The number of benzene rings is 3. The van der Waals surface area contributed by atoms with Crippen molar-refractivity contribution in [3.8, 4) is 67.8 Å².